The standard InChI is InChI=1S/C19H16FN3O2/c1-11-21-17-14(10-12-6-3-4-7-13(12)20)23(2)19(24)16(17)18(22-11)15-8-5-9-25-15/h3-9,14H,10H2,1-2H3. The maximum absolute atomic E-state index is 14.1. The topological polar surface area (TPSA) is 59.2 Å². The van der Waals surface area contributed by atoms with Gasteiger partial charge in [-0.2, -0.15) is 0 Å². The number of rotatable bonds is 3. The second-order valence-electron chi connectivity index (χ2n) is 6.08. The molecule has 5 nitrogen and oxygen atoms in total. The number of likely N-dealkylation sites (N-methyl/N-ethyl adjacent to an activating group) is 1. The normalized spacial score (nSPS) is 16.4. The first kappa shape index (κ1) is 15.5. The van der Waals surface area contributed by atoms with E-state index >= 15 is 0 Å². The van der Waals surface area contributed by atoms with E-state index in [2.05, 4.69) is 9.97 Å². The lowest BCUT2D eigenvalue weighted by Gasteiger charge is -2.20. The molecular weight excluding hydrogens is 321 g/mol. The number of fused-ring (bicyclic) bond motifs is 1. The Balaban J connectivity index is 1.84. The van der Waals surface area contributed by atoms with Crippen molar-refractivity contribution in [2.45, 2.75) is 19.4 Å². The third-order valence-electron chi connectivity index (χ3n) is 4.49. The Morgan fingerprint density at radius 3 is 2.72 bits per heavy atom. The van der Waals surface area contributed by atoms with E-state index in [-0.39, 0.29) is 17.8 Å². The van der Waals surface area contributed by atoms with Crippen LogP contribution >= 0.6 is 0 Å². The van der Waals surface area contributed by atoms with Crippen molar-refractivity contribution in [2.24, 2.45) is 0 Å². The second kappa shape index (κ2) is 5.81. The molecule has 1 amide bonds. The van der Waals surface area contributed by atoms with Gasteiger partial charge in [0.05, 0.1) is 23.6 Å². The summed E-state index contributed by atoms with van der Waals surface area (Å²) in [5.41, 5.74) is 2.09. The van der Waals surface area contributed by atoms with E-state index in [4.69, 9.17) is 4.42 Å². The first-order valence-electron chi connectivity index (χ1n) is 7.99. The van der Waals surface area contributed by atoms with Crippen LogP contribution < -0.4 is 0 Å². The van der Waals surface area contributed by atoms with Crippen molar-refractivity contribution in [1.82, 2.24) is 14.9 Å². The smallest absolute Gasteiger partial charge is 0.258 e. The average Bonchev–Trinajstić information content (AvgIpc) is 3.20. The molecule has 4 rings (SSSR count). The first-order valence-corrected chi connectivity index (χ1v) is 7.99. The summed E-state index contributed by atoms with van der Waals surface area (Å²) in [6.45, 7) is 1.77. The molecule has 1 aliphatic rings. The fourth-order valence-corrected chi connectivity index (χ4v) is 3.24. The molecule has 0 radical (unpaired) electrons. The zero-order chi connectivity index (χ0) is 17.6. The van der Waals surface area contributed by atoms with Crippen molar-refractivity contribution in [2.75, 3.05) is 7.05 Å². The van der Waals surface area contributed by atoms with Crippen LogP contribution in [0.1, 0.15) is 33.5 Å². The van der Waals surface area contributed by atoms with Gasteiger partial charge < -0.3 is 9.32 Å². The molecule has 1 unspecified atom stereocenters. The van der Waals surface area contributed by atoms with Crippen LogP contribution in [0.4, 0.5) is 4.39 Å². The van der Waals surface area contributed by atoms with Gasteiger partial charge in [-0.1, -0.05) is 18.2 Å². The van der Waals surface area contributed by atoms with Gasteiger partial charge in [-0.15, -0.1) is 0 Å². The number of aryl methyl sites for hydroxylation is 1. The van der Waals surface area contributed by atoms with Crippen LogP contribution in [0.5, 0.6) is 0 Å². The molecule has 3 heterocycles. The van der Waals surface area contributed by atoms with Gasteiger partial charge in [0.1, 0.15) is 17.3 Å². The van der Waals surface area contributed by atoms with Crippen LogP contribution in [0.15, 0.2) is 47.1 Å². The summed E-state index contributed by atoms with van der Waals surface area (Å²) in [6, 6.07) is 9.76. The van der Waals surface area contributed by atoms with Crippen molar-refractivity contribution < 1.29 is 13.6 Å². The van der Waals surface area contributed by atoms with Crippen molar-refractivity contribution in [3.05, 3.63) is 71.1 Å². The number of hydrogen-bond acceptors (Lipinski definition) is 4. The molecule has 0 spiro atoms. The highest BCUT2D eigenvalue weighted by Gasteiger charge is 2.39. The highest BCUT2D eigenvalue weighted by molar-refractivity contribution is 6.03. The summed E-state index contributed by atoms with van der Waals surface area (Å²) in [4.78, 5) is 23.3. The van der Waals surface area contributed by atoms with Crippen molar-refractivity contribution in [1.29, 1.82) is 0 Å². The lowest BCUT2D eigenvalue weighted by atomic mass is 10.0. The monoisotopic (exact) mass is 337 g/mol. The summed E-state index contributed by atoms with van der Waals surface area (Å²) >= 11 is 0. The van der Waals surface area contributed by atoms with Gasteiger partial charge in [-0.25, -0.2) is 14.4 Å². The van der Waals surface area contributed by atoms with E-state index in [1.807, 2.05) is 0 Å². The number of carbonyl (C=O) groups excluding carboxylic acids is 1. The second-order valence-corrected chi connectivity index (χ2v) is 6.08. The van der Waals surface area contributed by atoms with E-state index in [0.29, 0.717) is 40.5 Å². The van der Waals surface area contributed by atoms with Crippen LogP contribution in [-0.2, 0) is 6.42 Å². The molecule has 126 valence electrons. The summed E-state index contributed by atoms with van der Waals surface area (Å²) < 4.78 is 19.5. The van der Waals surface area contributed by atoms with Gasteiger partial charge in [-0.3, -0.25) is 4.79 Å². The van der Waals surface area contributed by atoms with Crippen molar-refractivity contribution in [3.63, 3.8) is 0 Å². The molecule has 2 aromatic heterocycles. The highest BCUT2D eigenvalue weighted by atomic mass is 19.1. The van der Waals surface area contributed by atoms with E-state index in [0.717, 1.165) is 0 Å². The Hall–Kier alpha value is -3.02. The van der Waals surface area contributed by atoms with Gasteiger partial charge in [0.2, 0.25) is 0 Å². The molecule has 1 aromatic carbocycles. The number of amides is 1. The minimum atomic E-state index is -0.338. The lowest BCUT2D eigenvalue weighted by molar-refractivity contribution is 0.0772. The van der Waals surface area contributed by atoms with E-state index in [1.54, 1.807) is 55.5 Å². The van der Waals surface area contributed by atoms with Gasteiger partial charge >= 0.3 is 0 Å². The zero-order valence-electron chi connectivity index (χ0n) is 13.9. The van der Waals surface area contributed by atoms with Gasteiger partial charge in [0.25, 0.3) is 5.91 Å². The maximum atomic E-state index is 14.1. The van der Waals surface area contributed by atoms with Crippen LogP contribution in [0, 0.1) is 12.7 Å². The van der Waals surface area contributed by atoms with E-state index in [9.17, 15) is 9.18 Å². The highest BCUT2D eigenvalue weighted by Crippen LogP contribution is 2.38. The molecule has 0 bridgehead atoms. The molecule has 1 atom stereocenters. The van der Waals surface area contributed by atoms with Crippen molar-refractivity contribution >= 4 is 5.91 Å². The Kier molecular flexibility index (Phi) is 3.60. The molecular formula is C19H16FN3O2. The van der Waals surface area contributed by atoms with Crippen LogP contribution in [-0.4, -0.2) is 27.8 Å². The van der Waals surface area contributed by atoms with Gasteiger partial charge in [-0.05, 0) is 30.7 Å². The van der Waals surface area contributed by atoms with Crippen LogP contribution in [0.2, 0.25) is 0 Å². The fraction of sp³-hybridized carbons (Fsp3) is 0.211. The van der Waals surface area contributed by atoms with Gasteiger partial charge in [0.15, 0.2) is 5.76 Å². The number of halogens is 1. The molecule has 0 saturated carbocycles. The molecule has 0 N–H and O–H groups in total. The minimum Gasteiger partial charge on any atom is -0.463 e. The van der Waals surface area contributed by atoms with E-state index < -0.39 is 0 Å². The Bertz CT molecular complexity index is 953. The van der Waals surface area contributed by atoms with E-state index in [1.165, 1.54) is 6.07 Å². The summed E-state index contributed by atoms with van der Waals surface area (Å²) in [6.07, 6.45) is 1.90. The number of benzene rings is 1. The van der Waals surface area contributed by atoms with Crippen LogP contribution in [0.25, 0.3) is 11.5 Å². The summed E-state index contributed by atoms with van der Waals surface area (Å²) in [5.74, 6) is 0.610. The number of hydrogen-bond donors (Lipinski definition) is 0. The summed E-state index contributed by atoms with van der Waals surface area (Å²) in [7, 11) is 1.71. The molecule has 25 heavy (non-hydrogen) atoms. The molecule has 6 heteroatoms. The predicted octanol–water partition coefficient (Wildman–Crippen LogP) is 3.55. The SMILES string of the molecule is Cc1nc(-c2ccco2)c2c(n1)C(Cc1ccccc1F)N(C)C2=O. The number of carbonyl (C=O) groups is 1. The lowest BCUT2D eigenvalue weighted by Crippen LogP contribution is -2.25. The molecule has 0 saturated heterocycles. The third-order valence-corrected chi connectivity index (χ3v) is 4.49. The minimum absolute atomic E-state index is 0.178. The molecule has 1 aliphatic heterocycles. The van der Waals surface area contributed by atoms with Crippen LogP contribution in [0.3, 0.4) is 0 Å². The Labute approximate surface area is 144 Å². The number of nitrogens with zero attached hydrogens (tertiary/aromatic N) is 3. The average molecular weight is 337 g/mol. The predicted molar refractivity (Wildman–Crippen MR) is 89.4 cm³/mol. The fourth-order valence-electron chi connectivity index (χ4n) is 3.24. The third kappa shape index (κ3) is 2.50. The van der Waals surface area contributed by atoms with Gasteiger partial charge in [0, 0.05) is 13.5 Å². The first-order chi connectivity index (χ1) is 12.1. The quantitative estimate of drug-likeness (QED) is 0.733. The van der Waals surface area contributed by atoms with Crippen molar-refractivity contribution in [3.8, 4) is 11.5 Å². The maximum Gasteiger partial charge on any atom is 0.258 e. The molecule has 0 aliphatic carbocycles. The largest absolute Gasteiger partial charge is 0.463 e. The Morgan fingerprint density at radius 2 is 2.00 bits per heavy atom. The summed E-state index contributed by atoms with van der Waals surface area (Å²) in [5, 5.41) is 0. The molecule has 0 fully saturated rings. The molecule has 3 aromatic rings. The Morgan fingerprint density at radius 1 is 1.20 bits per heavy atom. The number of aromatic nitrogens is 2. The number of furan rings is 1. The zero-order valence-corrected chi connectivity index (χ0v) is 13.9.